The van der Waals surface area contributed by atoms with Gasteiger partial charge in [0.25, 0.3) is 5.69 Å². The van der Waals surface area contributed by atoms with Gasteiger partial charge in [-0.3, -0.25) is 14.8 Å². The summed E-state index contributed by atoms with van der Waals surface area (Å²) < 4.78 is 2.88. The van der Waals surface area contributed by atoms with Gasteiger partial charge in [0.2, 0.25) is 0 Å². The van der Waals surface area contributed by atoms with Crippen LogP contribution in [0.4, 0.5) is 5.69 Å². The predicted octanol–water partition coefficient (Wildman–Crippen LogP) is 4.27. The molecule has 5 nitrogen and oxygen atoms in total. The normalized spacial score (nSPS) is 10.6. The van der Waals surface area contributed by atoms with E-state index in [0.717, 1.165) is 21.2 Å². The summed E-state index contributed by atoms with van der Waals surface area (Å²) in [4.78, 5) is 10.3. The third-order valence-electron chi connectivity index (χ3n) is 3.28. The van der Waals surface area contributed by atoms with Gasteiger partial charge in [-0.25, -0.2) is 0 Å². The van der Waals surface area contributed by atoms with E-state index in [0.29, 0.717) is 6.54 Å². The van der Waals surface area contributed by atoms with Gasteiger partial charge in [0.1, 0.15) is 0 Å². The minimum absolute atomic E-state index is 0.0882. The summed E-state index contributed by atoms with van der Waals surface area (Å²) in [5, 5.41) is 15.0. The fraction of sp³-hybridized carbons (Fsp3) is 0.0625. The average Bonchev–Trinajstić information content (AvgIpc) is 2.96. The van der Waals surface area contributed by atoms with Gasteiger partial charge in [0, 0.05) is 28.4 Å². The summed E-state index contributed by atoms with van der Waals surface area (Å²) >= 11 is 3.45. The fourth-order valence-electron chi connectivity index (χ4n) is 2.20. The third kappa shape index (κ3) is 3.23. The Bertz CT molecular complexity index is 812. The number of nitrogens with zero attached hydrogens (tertiary/aromatic N) is 3. The first-order valence-corrected chi connectivity index (χ1v) is 7.43. The van der Waals surface area contributed by atoms with Gasteiger partial charge in [0.15, 0.2) is 0 Å². The van der Waals surface area contributed by atoms with E-state index >= 15 is 0 Å². The monoisotopic (exact) mass is 357 g/mol. The summed E-state index contributed by atoms with van der Waals surface area (Å²) in [6, 6.07) is 14.5. The zero-order chi connectivity index (χ0) is 15.5. The lowest BCUT2D eigenvalue weighted by Gasteiger charge is -2.02. The lowest BCUT2D eigenvalue weighted by atomic mass is 10.1. The highest BCUT2D eigenvalue weighted by atomic mass is 79.9. The van der Waals surface area contributed by atoms with Crippen molar-refractivity contribution >= 4 is 21.6 Å². The molecule has 0 saturated heterocycles. The molecule has 1 heterocycles. The predicted molar refractivity (Wildman–Crippen MR) is 87.6 cm³/mol. The highest BCUT2D eigenvalue weighted by molar-refractivity contribution is 9.10. The topological polar surface area (TPSA) is 61.0 Å². The quantitative estimate of drug-likeness (QED) is 0.517. The molecule has 0 radical (unpaired) electrons. The van der Waals surface area contributed by atoms with Gasteiger partial charge in [-0.15, -0.1) is 0 Å². The van der Waals surface area contributed by atoms with E-state index < -0.39 is 4.92 Å². The zero-order valence-corrected chi connectivity index (χ0v) is 13.1. The number of nitro groups is 1. The number of hydrogen-bond acceptors (Lipinski definition) is 3. The number of benzene rings is 2. The molecule has 0 aliphatic rings. The van der Waals surface area contributed by atoms with E-state index in [2.05, 4.69) is 21.0 Å². The molecule has 0 aliphatic heterocycles. The Kier molecular flexibility index (Phi) is 4.02. The van der Waals surface area contributed by atoms with Crippen molar-refractivity contribution in [1.29, 1.82) is 0 Å². The second kappa shape index (κ2) is 6.11. The van der Waals surface area contributed by atoms with Gasteiger partial charge in [-0.1, -0.05) is 28.1 Å². The van der Waals surface area contributed by atoms with Gasteiger partial charge >= 0.3 is 0 Å². The molecule has 1 aromatic heterocycles. The van der Waals surface area contributed by atoms with Crippen LogP contribution in [-0.4, -0.2) is 14.7 Å². The van der Waals surface area contributed by atoms with Crippen LogP contribution in [0.5, 0.6) is 0 Å². The van der Waals surface area contributed by atoms with Crippen molar-refractivity contribution in [2.24, 2.45) is 0 Å². The molecule has 0 N–H and O–H groups in total. The SMILES string of the molecule is O=[N+]([O-])c1ccc(-c2cnn(Cc3cccc(Br)c3)c2)cc1. The van der Waals surface area contributed by atoms with Crippen LogP contribution in [-0.2, 0) is 6.54 Å². The molecule has 0 amide bonds. The van der Waals surface area contributed by atoms with Crippen LogP contribution in [0.1, 0.15) is 5.56 Å². The van der Waals surface area contributed by atoms with Crippen LogP contribution in [0, 0.1) is 10.1 Å². The summed E-state index contributed by atoms with van der Waals surface area (Å²) in [7, 11) is 0. The fourth-order valence-corrected chi connectivity index (χ4v) is 2.64. The maximum atomic E-state index is 10.7. The Balaban J connectivity index is 1.80. The van der Waals surface area contributed by atoms with E-state index in [9.17, 15) is 10.1 Å². The highest BCUT2D eigenvalue weighted by Crippen LogP contribution is 2.22. The summed E-state index contributed by atoms with van der Waals surface area (Å²) in [6.07, 6.45) is 3.70. The van der Waals surface area contributed by atoms with E-state index in [1.165, 1.54) is 12.1 Å². The molecular weight excluding hydrogens is 346 g/mol. The van der Waals surface area contributed by atoms with Crippen molar-refractivity contribution in [3.8, 4) is 11.1 Å². The van der Waals surface area contributed by atoms with Crippen molar-refractivity contribution in [3.63, 3.8) is 0 Å². The summed E-state index contributed by atoms with van der Waals surface area (Å²) in [6.45, 7) is 0.673. The molecule has 22 heavy (non-hydrogen) atoms. The van der Waals surface area contributed by atoms with E-state index in [1.807, 2.05) is 35.1 Å². The van der Waals surface area contributed by atoms with Crippen molar-refractivity contribution < 1.29 is 4.92 Å². The minimum atomic E-state index is -0.402. The molecule has 0 saturated carbocycles. The highest BCUT2D eigenvalue weighted by Gasteiger charge is 2.07. The molecule has 0 spiro atoms. The van der Waals surface area contributed by atoms with Crippen LogP contribution in [0.25, 0.3) is 11.1 Å². The molecule has 0 unspecified atom stereocenters. The van der Waals surface area contributed by atoms with E-state index in [1.54, 1.807) is 18.3 Å². The molecule has 2 aromatic carbocycles. The second-order valence-corrected chi connectivity index (χ2v) is 5.78. The molecule has 3 aromatic rings. The van der Waals surface area contributed by atoms with Crippen molar-refractivity contribution in [2.75, 3.05) is 0 Å². The standard InChI is InChI=1S/C16H12BrN3O2/c17-15-3-1-2-12(8-15)10-19-11-14(9-18-19)13-4-6-16(7-5-13)20(21)22/h1-9,11H,10H2. The maximum Gasteiger partial charge on any atom is 0.269 e. The largest absolute Gasteiger partial charge is 0.269 e. The van der Waals surface area contributed by atoms with Gasteiger partial charge < -0.3 is 0 Å². The Hall–Kier alpha value is -2.47. The van der Waals surface area contributed by atoms with Crippen molar-refractivity contribution in [3.05, 3.63) is 81.1 Å². The molecule has 0 aliphatic carbocycles. The maximum absolute atomic E-state index is 10.7. The molecular formula is C16H12BrN3O2. The van der Waals surface area contributed by atoms with Crippen LogP contribution < -0.4 is 0 Å². The minimum Gasteiger partial charge on any atom is -0.268 e. The number of halogens is 1. The lowest BCUT2D eigenvalue weighted by Crippen LogP contribution is -1.99. The van der Waals surface area contributed by atoms with Crippen LogP contribution in [0.2, 0.25) is 0 Å². The average molecular weight is 358 g/mol. The summed E-state index contributed by atoms with van der Waals surface area (Å²) in [5.41, 5.74) is 3.08. The van der Waals surface area contributed by atoms with Crippen molar-refractivity contribution in [2.45, 2.75) is 6.54 Å². The van der Waals surface area contributed by atoms with Gasteiger partial charge in [0.05, 0.1) is 17.7 Å². The Morgan fingerprint density at radius 3 is 2.59 bits per heavy atom. The van der Waals surface area contributed by atoms with Crippen LogP contribution >= 0.6 is 15.9 Å². The lowest BCUT2D eigenvalue weighted by molar-refractivity contribution is -0.384. The van der Waals surface area contributed by atoms with E-state index in [4.69, 9.17) is 0 Å². The van der Waals surface area contributed by atoms with Crippen molar-refractivity contribution in [1.82, 2.24) is 9.78 Å². The molecule has 0 bridgehead atoms. The van der Waals surface area contributed by atoms with E-state index in [-0.39, 0.29) is 5.69 Å². The van der Waals surface area contributed by atoms with Crippen LogP contribution in [0.15, 0.2) is 65.4 Å². The smallest absolute Gasteiger partial charge is 0.268 e. The molecule has 0 fully saturated rings. The molecule has 110 valence electrons. The Morgan fingerprint density at radius 1 is 1.14 bits per heavy atom. The van der Waals surface area contributed by atoms with Crippen LogP contribution in [0.3, 0.4) is 0 Å². The number of aromatic nitrogens is 2. The Morgan fingerprint density at radius 2 is 1.91 bits per heavy atom. The van der Waals surface area contributed by atoms with Gasteiger partial charge in [-0.05, 0) is 35.4 Å². The second-order valence-electron chi connectivity index (χ2n) is 4.86. The molecule has 0 atom stereocenters. The summed E-state index contributed by atoms with van der Waals surface area (Å²) in [5.74, 6) is 0. The Labute approximate surface area is 135 Å². The first-order valence-electron chi connectivity index (χ1n) is 6.63. The number of hydrogen-bond donors (Lipinski definition) is 0. The number of non-ortho nitro benzene ring substituents is 1. The number of nitro benzene ring substituents is 1. The van der Waals surface area contributed by atoms with Gasteiger partial charge in [-0.2, -0.15) is 5.10 Å². The first-order chi connectivity index (χ1) is 10.6. The number of rotatable bonds is 4. The zero-order valence-electron chi connectivity index (χ0n) is 11.5. The molecule has 6 heteroatoms. The third-order valence-corrected chi connectivity index (χ3v) is 3.77. The molecule has 3 rings (SSSR count). The first kappa shape index (κ1) is 14.5.